The maximum absolute atomic E-state index is 13.4. The maximum atomic E-state index is 13.4. The van der Waals surface area contributed by atoms with Crippen LogP contribution in [0.25, 0.3) is 0 Å². The van der Waals surface area contributed by atoms with Gasteiger partial charge in [-0.15, -0.1) is 0 Å². The number of benzene rings is 2. The Morgan fingerprint density at radius 3 is 2.79 bits per heavy atom. The molecule has 3 rings (SSSR count). The number of para-hydroxylation sites is 1. The highest BCUT2D eigenvalue weighted by Gasteiger charge is 2.21. The molecule has 2 N–H and O–H groups in total. The normalized spacial score (nSPS) is 13.7. The van der Waals surface area contributed by atoms with E-state index in [1.807, 2.05) is 12.1 Å². The second-order valence-electron chi connectivity index (χ2n) is 4.84. The first-order valence-electron chi connectivity index (χ1n) is 6.63. The van der Waals surface area contributed by atoms with E-state index in [0.29, 0.717) is 13.0 Å². The fourth-order valence-electron chi connectivity index (χ4n) is 2.76. The summed E-state index contributed by atoms with van der Waals surface area (Å²) < 4.78 is 13.4. The fourth-order valence-corrected chi connectivity index (χ4v) is 2.76. The summed E-state index contributed by atoms with van der Waals surface area (Å²) >= 11 is 0. The zero-order valence-corrected chi connectivity index (χ0v) is 10.8. The van der Waals surface area contributed by atoms with Gasteiger partial charge in [-0.3, -0.25) is 0 Å². The van der Waals surface area contributed by atoms with Crippen molar-refractivity contribution in [3.8, 4) is 0 Å². The predicted molar refractivity (Wildman–Crippen MR) is 76.3 cm³/mol. The van der Waals surface area contributed by atoms with Crippen molar-refractivity contribution in [1.82, 2.24) is 0 Å². The lowest BCUT2D eigenvalue weighted by molar-refractivity contribution is 0.625. The minimum atomic E-state index is -0.195. The minimum absolute atomic E-state index is 0.195. The summed E-state index contributed by atoms with van der Waals surface area (Å²) in [5.74, 6) is -0.195. The van der Waals surface area contributed by atoms with Gasteiger partial charge in [-0.2, -0.15) is 0 Å². The lowest BCUT2D eigenvalue weighted by atomic mass is 10.1. The van der Waals surface area contributed by atoms with E-state index in [4.69, 9.17) is 5.73 Å². The molecular weight excluding hydrogens is 239 g/mol. The van der Waals surface area contributed by atoms with Crippen molar-refractivity contribution in [2.45, 2.75) is 12.8 Å². The number of halogens is 1. The van der Waals surface area contributed by atoms with Gasteiger partial charge in [-0.25, -0.2) is 4.39 Å². The van der Waals surface area contributed by atoms with Crippen LogP contribution < -0.4 is 10.6 Å². The van der Waals surface area contributed by atoms with Gasteiger partial charge in [0.15, 0.2) is 0 Å². The quantitative estimate of drug-likeness (QED) is 0.914. The lowest BCUT2D eigenvalue weighted by Crippen LogP contribution is -2.16. The van der Waals surface area contributed by atoms with E-state index in [9.17, 15) is 4.39 Å². The molecule has 2 nitrogen and oxygen atoms in total. The molecule has 2 aromatic carbocycles. The highest BCUT2D eigenvalue weighted by atomic mass is 19.1. The van der Waals surface area contributed by atoms with Gasteiger partial charge in [-0.05, 0) is 54.8 Å². The van der Waals surface area contributed by atoms with Crippen LogP contribution >= 0.6 is 0 Å². The Morgan fingerprint density at radius 1 is 1.11 bits per heavy atom. The molecule has 0 radical (unpaired) electrons. The predicted octanol–water partition coefficient (Wildman–Crippen LogP) is 3.02. The average molecular weight is 256 g/mol. The largest absolute Gasteiger partial charge is 0.341 e. The third-order valence-corrected chi connectivity index (χ3v) is 3.63. The Labute approximate surface area is 112 Å². The van der Waals surface area contributed by atoms with Gasteiger partial charge in [0.1, 0.15) is 5.82 Å². The lowest BCUT2D eigenvalue weighted by Gasteiger charge is -2.23. The number of fused-ring (bicyclic) bond motifs is 1. The molecule has 0 atom stereocenters. The molecule has 0 bridgehead atoms. The van der Waals surface area contributed by atoms with Crippen molar-refractivity contribution in [2.75, 3.05) is 18.0 Å². The van der Waals surface area contributed by atoms with Crippen LogP contribution in [-0.2, 0) is 12.8 Å². The van der Waals surface area contributed by atoms with Crippen molar-refractivity contribution in [1.29, 1.82) is 0 Å². The Balaban J connectivity index is 2.04. The van der Waals surface area contributed by atoms with Crippen LogP contribution in [0.5, 0.6) is 0 Å². The second-order valence-corrected chi connectivity index (χ2v) is 4.84. The van der Waals surface area contributed by atoms with Crippen molar-refractivity contribution >= 4 is 11.4 Å². The summed E-state index contributed by atoms with van der Waals surface area (Å²) in [7, 11) is 0. The van der Waals surface area contributed by atoms with Gasteiger partial charge in [0, 0.05) is 17.9 Å². The summed E-state index contributed by atoms with van der Waals surface area (Å²) in [6, 6.07) is 13.4. The Hall–Kier alpha value is -1.87. The van der Waals surface area contributed by atoms with Gasteiger partial charge in [-0.1, -0.05) is 18.2 Å². The van der Waals surface area contributed by atoms with E-state index < -0.39 is 0 Å². The van der Waals surface area contributed by atoms with Crippen LogP contribution in [0.2, 0.25) is 0 Å². The molecule has 19 heavy (non-hydrogen) atoms. The molecule has 0 fully saturated rings. The topological polar surface area (TPSA) is 29.3 Å². The van der Waals surface area contributed by atoms with E-state index >= 15 is 0 Å². The van der Waals surface area contributed by atoms with E-state index in [0.717, 1.165) is 24.2 Å². The van der Waals surface area contributed by atoms with Crippen LogP contribution in [0.4, 0.5) is 15.8 Å². The minimum Gasteiger partial charge on any atom is -0.341 e. The first-order chi connectivity index (χ1) is 9.29. The average Bonchev–Trinajstić information content (AvgIpc) is 2.83. The molecule has 2 aromatic rings. The molecule has 3 heteroatoms. The van der Waals surface area contributed by atoms with Gasteiger partial charge < -0.3 is 10.6 Å². The molecule has 0 spiro atoms. The first kappa shape index (κ1) is 12.2. The van der Waals surface area contributed by atoms with Crippen LogP contribution in [0, 0.1) is 5.82 Å². The second kappa shape index (κ2) is 5.02. The van der Waals surface area contributed by atoms with Crippen LogP contribution in [0.1, 0.15) is 11.1 Å². The molecule has 1 aliphatic rings. The Kier molecular flexibility index (Phi) is 3.22. The summed E-state index contributed by atoms with van der Waals surface area (Å²) in [6.07, 6.45) is 1.74. The standard InChI is InChI=1S/C16H17FN2/c17-14-5-6-16(13(11-14)7-9-18)19-10-8-12-3-1-2-4-15(12)19/h1-6,11H,7-10,18H2. The van der Waals surface area contributed by atoms with Crippen molar-refractivity contribution in [2.24, 2.45) is 5.73 Å². The van der Waals surface area contributed by atoms with Gasteiger partial charge in [0.25, 0.3) is 0 Å². The third kappa shape index (κ3) is 2.22. The van der Waals surface area contributed by atoms with Crippen LogP contribution in [0.15, 0.2) is 42.5 Å². The molecule has 0 aliphatic carbocycles. The smallest absolute Gasteiger partial charge is 0.123 e. The molecule has 0 saturated carbocycles. The molecule has 0 unspecified atom stereocenters. The van der Waals surface area contributed by atoms with Crippen molar-refractivity contribution < 1.29 is 4.39 Å². The third-order valence-electron chi connectivity index (χ3n) is 3.63. The van der Waals surface area contributed by atoms with E-state index in [1.165, 1.54) is 17.3 Å². The zero-order valence-electron chi connectivity index (χ0n) is 10.8. The number of anilines is 2. The molecule has 98 valence electrons. The zero-order chi connectivity index (χ0) is 13.2. The van der Waals surface area contributed by atoms with Gasteiger partial charge in [0.05, 0.1) is 0 Å². The fraction of sp³-hybridized carbons (Fsp3) is 0.250. The van der Waals surface area contributed by atoms with Crippen LogP contribution in [-0.4, -0.2) is 13.1 Å². The molecule has 1 aliphatic heterocycles. The number of hydrogen-bond acceptors (Lipinski definition) is 2. The van der Waals surface area contributed by atoms with Crippen molar-refractivity contribution in [3.63, 3.8) is 0 Å². The Morgan fingerprint density at radius 2 is 1.95 bits per heavy atom. The molecule has 1 heterocycles. The summed E-state index contributed by atoms with van der Waals surface area (Å²) in [5.41, 5.74) is 10.3. The van der Waals surface area contributed by atoms with Gasteiger partial charge >= 0.3 is 0 Å². The maximum Gasteiger partial charge on any atom is 0.123 e. The van der Waals surface area contributed by atoms with E-state index in [1.54, 1.807) is 6.07 Å². The summed E-state index contributed by atoms with van der Waals surface area (Å²) in [4.78, 5) is 2.26. The monoisotopic (exact) mass is 256 g/mol. The van der Waals surface area contributed by atoms with E-state index in [-0.39, 0.29) is 5.82 Å². The SMILES string of the molecule is NCCc1cc(F)ccc1N1CCc2ccccc21. The van der Waals surface area contributed by atoms with Gasteiger partial charge in [0.2, 0.25) is 0 Å². The summed E-state index contributed by atoms with van der Waals surface area (Å²) in [6.45, 7) is 1.48. The van der Waals surface area contributed by atoms with Crippen molar-refractivity contribution in [3.05, 3.63) is 59.4 Å². The number of hydrogen-bond donors (Lipinski definition) is 1. The number of nitrogens with two attached hydrogens (primary N) is 1. The molecular formula is C16H17FN2. The Bertz CT molecular complexity index is 595. The van der Waals surface area contributed by atoms with E-state index in [2.05, 4.69) is 23.1 Å². The highest BCUT2D eigenvalue weighted by Crippen LogP contribution is 2.36. The first-order valence-corrected chi connectivity index (χ1v) is 6.63. The highest BCUT2D eigenvalue weighted by molar-refractivity contribution is 5.72. The molecule has 0 saturated heterocycles. The number of rotatable bonds is 3. The number of nitrogens with zero attached hydrogens (tertiary/aromatic N) is 1. The molecule has 0 aromatic heterocycles. The van der Waals surface area contributed by atoms with Crippen LogP contribution in [0.3, 0.4) is 0 Å². The molecule has 0 amide bonds. The summed E-state index contributed by atoms with van der Waals surface area (Å²) in [5, 5.41) is 0.